The van der Waals surface area contributed by atoms with Crippen molar-refractivity contribution in [2.24, 2.45) is 11.5 Å². The molecule has 0 fully saturated rings. The van der Waals surface area contributed by atoms with Gasteiger partial charge in [0.05, 0.1) is 6.42 Å². The summed E-state index contributed by atoms with van der Waals surface area (Å²) in [5, 5.41) is 14.5. The van der Waals surface area contributed by atoms with Gasteiger partial charge in [0.15, 0.2) is 5.96 Å². The number of rotatable bonds is 3. The molecule has 0 unspecified atom stereocenters. The number of aromatic nitrogens is 4. The van der Waals surface area contributed by atoms with Crippen molar-refractivity contribution >= 4 is 36.9 Å². The van der Waals surface area contributed by atoms with Crippen LogP contribution in [0.15, 0.2) is 30.9 Å². The van der Waals surface area contributed by atoms with Crippen LogP contribution in [0.4, 0.5) is 11.9 Å². The number of hydrogen-bond donors (Lipinski definition) is 5. The van der Waals surface area contributed by atoms with Gasteiger partial charge in [0.25, 0.3) is 6.47 Å². The van der Waals surface area contributed by atoms with E-state index < -0.39 is 0 Å². The summed E-state index contributed by atoms with van der Waals surface area (Å²) in [4.78, 5) is 44.4. The Bertz CT molecular complexity index is 629. The number of nitrogens with zero attached hydrogens (tertiary/aromatic N) is 4. The molecule has 31 heavy (non-hydrogen) atoms. The Morgan fingerprint density at radius 1 is 1.03 bits per heavy atom. The van der Waals surface area contributed by atoms with Crippen molar-refractivity contribution in [1.82, 2.24) is 19.9 Å². The first-order chi connectivity index (χ1) is 13.2. The first-order valence-corrected chi connectivity index (χ1v) is 7.00. The van der Waals surface area contributed by atoms with Crippen LogP contribution in [-0.4, -0.2) is 44.9 Å². The largest absolute Gasteiger partial charge is 1.00 e. The Morgan fingerprint density at radius 3 is 1.52 bits per heavy atom. The minimum Gasteiger partial charge on any atom is -1.00 e. The maximum atomic E-state index is 9.17. The van der Waals surface area contributed by atoms with E-state index in [-0.39, 0.29) is 130 Å². The first kappa shape index (κ1) is 43.9. The van der Waals surface area contributed by atoms with Crippen LogP contribution in [0.25, 0.3) is 0 Å². The molecule has 0 radical (unpaired) electrons. The van der Waals surface area contributed by atoms with Gasteiger partial charge in [-0.05, 0) is 18.6 Å². The normalized spacial score (nSPS) is 6.77. The van der Waals surface area contributed by atoms with Gasteiger partial charge in [-0.15, -0.1) is 0 Å². The Morgan fingerprint density at radius 2 is 1.35 bits per heavy atom. The summed E-state index contributed by atoms with van der Waals surface area (Å²) in [6, 6.07) is 1.72. The van der Waals surface area contributed by atoms with E-state index in [1.54, 1.807) is 30.9 Å². The van der Waals surface area contributed by atoms with Crippen LogP contribution in [0.2, 0.25) is 0 Å². The third-order valence-electron chi connectivity index (χ3n) is 1.62. The third kappa shape index (κ3) is 52.9. The third-order valence-corrected chi connectivity index (χ3v) is 1.62. The molecule has 0 aromatic carbocycles. The second kappa shape index (κ2) is 36.4. The molecule has 0 aliphatic carbocycles. The van der Waals surface area contributed by atoms with E-state index >= 15 is 0 Å². The number of nitrogens with one attached hydrogen (secondary N) is 1. The summed E-state index contributed by atoms with van der Waals surface area (Å²) < 4.78 is 0. The van der Waals surface area contributed by atoms with E-state index in [1.165, 1.54) is 0 Å². The van der Waals surface area contributed by atoms with Crippen LogP contribution in [0.1, 0.15) is 20.8 Å². The van der Waals surface area contributed by atoms with E-state index in [2.05, 4.69) is 36.3 Å². The quantitative estimate of drug-likeness (QED) is 0.0508. The number of carbonyl (C=O) groups excluding carboxylic acids is 3. The van der Waals surface area contributed by atoms with Crippen molar-refractivity contribution in [2.75, 3.05) is 11.5 Å². The number of nitrogen functional groups attached to an aromatic ring is 2. The Labute approximate surface area is 267 Å². The molecule has 2 aromatic heterocycles. The molecule has 14 nitrogen and oxygen atoms in total. The monoisotopic (exact) mass is 491 g/mol. The molecule has 0 spiro atoms. The molecule has 0 amide bonds. The van der Waals surface area contributed by atoms with Crippen LogP contribution in [0.5, 0.6) is 0 Å². The average molecular weight is 492 g/mol. The van der Waals surface area contributed by atoms with Crippen LogP contribution in [0, 0.1) is 12.3 Å². The summed E-state index contributed by atoms with van der Waals surface area (Å²) in [6.45, 7) is 1.74. The van der Waals surface area contributed by atoms with Gasteiger partial charge in [-0.2, -0.15) is 0 Å². The summed E-state index contributed by atoms with van der Waals surface area (Å²) in [5.74, 6) is 0.318. The maximum Gasteiger partial charge on any atom is 1.00 e. The smallest absolute Gasteiger partial charge is 1.00 e. The van der Waals surface area contributed by atoms with Crippen molar-refractivity contribution in [3.05, 3.63) is 36.4 Å². The summed E-state index contributed by atoms with van der Waals surface area (Å²) in [6.07, 6.45) is 7.72. The standard InChI is InChI=1S/C5H7N3.C4H5N3.C3H4O2.CH5N3.CH2O3.CH4.2K.H/c1-4-2-7-5(6)8-3-4;5-4-6-2-1-3-7-4;4-2-1-3-5;2-1(3)4;2-1-4-3;;;;/h2-3H,1H3,(H2,6,7,8);1-3H,(H2,5,6,7);2-3H,1H2;(H5,2,3,4);1,3H;1H4;;;/q;;;;;;2*+1;-1/p-1. The molecule has 0 saturated carbocycles. The van der Waals surface area contributed by atoms with E-state index in [4.69, 9.17) is 26.9 Å². The van der Waals surface area contributed by atoms with Crippen LogP contribution in [0.3, 0.4) is 0 Å². The molecule has 0 aliphatic heterocycles. The van der Waals surface area contributed by atoms with E-state index in [9.17, 15) is 9.59 Å². The fraction of sp³-hybridized carbons (Fsp3) is 0.200. The number of hydrogen-bond acceptors (Lipinski definition) is 12. The minimum absolute atomic E-state index is 0. The average Bonchev–Trinajstić information content (AvgIpc) is 2.66. The van der Waals surface area contributed by atoms with Gasteiger partial charge in [0.1, 0.15) is 12.6 Å². The number of aldehydes is 2. The summed E-state index contributed by atoms with van der Waals surface area (Å²) >= 11 is 0. The second-order valence-electron chi connectivity index (χ2n) is 3.94. The van der Waals surface area contributed by atoms with Crippen molar-refractivity contribution < 1.29 is 129 Å². The van der Waals surface area contributed by atoms with Gasteiger partial charge in [-0.3, -0.25) is 10.2 Å². The van der Waals surface area contributed by atoms with Gasteiger partial charge >= 0.3 is 103 Å². The number of nitrogens with two attached hydrogens (primary N) is 4. The zero-order valence-corrected chi connectivity index (χ0v) is 23.2. The molecule has 2 heterocycles. The Hall–Kier alpha value is -0.927. The topological polar surface area (TPSA) is 263 Å². The van der Waals surface area contributed by atoms with E-state index in [1.807, 2.05) is 6.92 Å². The predicted octanol–water partition coefficient (Wildman–Crippen LogP) is -7.77. The zero-order chi connectivity index (χ0) is 22.2. The number of aryl methyl sites for hydroxylation is 1. The Kier molecular flexibility index (Phi) is 51.6. The van der Waals surface area contributed by atoms with Crippen LogP contribution < -0.4 is 131 Å². The van der Waals surface area contributed by atoms with Gasteiger partial charge in [0, 0.05) is 24.8 Å². The molecular weight excluding hydrogens is 464 g/mol. The number of anilines is 2. The molecular formula is C15H27K2N9O5. The van der Waals surface area contributed by atoms with Crippen molar-refractivity contribution in [3.8, 4) is 0 Å². The van der Waals surface area contributed by atoms with Gasteiger partial charge in [-0.25, -0.2) is 19.9 Å². The van der Waals surface area contributed by atoms with Crippen molar-refractivity contribution in [3.63, 3.8) is 0 Å². The molecule has 0 atom stereocenters. The molecule has 0 bridgehead atoms. The minimum atomic E-state index is -0.333. The van der Waals surface area contributed by atoms with Gasteiger partial charge in [0.2, 0.25) is 11.9 Å². The first-order valence-electron chi connectivity index (χ1n) is 7.00. The van der Waals surface area contributed by atoms with Crippen molar-refractivity contribution in [1.29, 1.82) is 5.41 Å². The van der Waals surface area contributed by atoms with Crippen LogP contribution >= 0.6 is 0 Å². The van der Waals surface area contributed by atoms with Gasteiger partial charge in [-0.1, -0.05) is 7.43 Å². The molecule has 9 N–H and O–H groups in total. The Balaban J connectivity index is -0.0000000488. The molecule has 2 rings (SSSR count). The SMILES string of the molecule is C.Cc1cnc(N)nc1.N=C(N)N.Nc1ncccn1.O=CCC=O.O=CO[O-].[H-].[K+].[K+]. The number of carbonyl (C=O) groups is 3. The van der Waals surface area contributed by atoms with Crippen LogP contribution in [-0.2, 0) is 19.3 Å². The second-order valence-corrected chi connectivity index (χ2v) is 3.94. The molecule has 164 valence electrons. The summed E-state index contributed by atoms with van der Waals surface area (Å²) in [5.41, 5.74) is 20.3. The van der Waals surface area contributed by atoms with E-state index in [0.717, 1.165) is 5.56 Å². The molecule has 2 aromatic rings. The van der Waals surface area contributed by atoms with Gasteiger partial charge < -0.3 is 44.1 Å². The molecule has 16 heteroatoms. The molecule has 0 aliphatic rings. The fourth-order valence-corrected chi connectivity index (χ4v) is 0.752. The van der Waals surface area contributed by atoms with E-state index in [0.29, 0.717) is 24.5 Å². The zero-order valence-electron chi connectivity index (χ0n) is 18.0. The maximum absolute atomic E-state index is 9.17. The van der Waals surface area contributed by atoms with Crippen molar-refractivity contribution in [2.45, 2.75) is 20.8 Å². The number of guanidine groups is 1. The summed E-state index contributed by atoms with van der Waals surface area (Å²) in [7, 11) is 0. The predicted molar refractivity (Wildman–Crippen MR) is 105 cm³/mol. The fourth-order valence-electron chi connectivity index (χ4n) is 0.752. The molecule has 0 saturated heterocycles.